The van der Waals surface area contributed by atoms with E-state index in [9.17, 15) is 9.59 Å². The lowest BCUT2D eigenvalue weighted by molar-refractivity contribution is -0.186. The Labute approximate surface area is 161 Å². The molecule has 0 saturated heterocycles. The van der Waals surface area contributed by atoms with Gasteiger partial charge in [-0.1, -0.05) is 19.9 Å². The Morgan fingerprint density at radius 2 is 1.96 bits per heavy atom. The van der Waals surface area contributed by atoms with Gasteiger partial charge in [0, 0.05) is 35.8 Å². The molecule has 1 aromatic rings. The fraction of sp³-hybridized carbons (Fsp3) is 0.636. The number of fused-ring (bicyclic) bond motifs is 2. The second-order valence-corrected chi connectivity index (χ2v) is 8.32. The molecule has 1 heterocycles. The Morgan fingerprint density at radius 3 is 2.59 bits per heavy atom. The van der Waals surface area contributed by atoms with E-state index in [0.717, 1.165) is 29.7 Å². The van der Waals surface area contributed by atoms with Crippen molar-refractivity contribution < 1.29 is 23.5 Å². The van der Waals surface area contributed by atoms with E-state index in [1.807, 2.05) is 13.8 Å². The third-order valence-electron chi connectivity index (χ3n) is 6.83. The molecular formula is C22H30O5. The fourth-order valence-electron chi connectivity index (χ4n) is 4.87. The van der Waals surface area contributed by atoms with E-state index >= 15 is 0 Å². The van der Waals surface area contributed by atoms with Crippen LogP contribution in [0.2, 0.25) is 0 Å². The first-order valence-electron chi connectivity index (χ1n) is 9.78. The number of rotatable bonds is 3. The summed E-state index contributed by atoms with van der Waals surface area (Å²) in [5, 5.41) is 0. The highest BCUT2D eigenvalue weighted by Crippen LogP contribution is 2.60. The van der Waals surface area contributed by atoms with E-state index in [0.29, 0.717) is 17.9 Å². The van der Waals surface area contributed by atoms with Crippen LogP contribution in [-0.4, -0.2) is 18.0 Å². The molecule has 148 valence electrons. The van der Waals surface area contributed by atoms with Crippen LogP contribution in [0.1, 0.15) is 70.5 Å². The Balaban J connectivity index is 2.03. The third kappa shape index (κ3) is 3.21. The average Bonchev–Trinajstić information content (AvgIpc) is 2.98. The summed E-state index contributed by atoms with van der Waals surface area (Å²) in [5.41, 5.74) is 2.29. The zero-order valence-electron chi connectivity index (χ0n) is 17.1. The average molecular weight is 374 g/mol. The highest BCUT2D eigenvalue weighted by molar-refractivity contribution is 5.87. The lowest BCUT2D eigenvalue weighted by Gasteiger charge is -2.54. The van der Waals surface area contributed by atoms with Gasteiger partial charge in [0.15, 0.2) is 0 Å². The fourth-order valence-corrected chi connectivity index (χ4v) is 4.87. The summed E-state index contributed by atoms with van der Waals surface area (Å²) in [7, 11) is 0. The molecule has 0 aliphatic heterocycles. The van der Waals surface area contributed by atoms with Crippen molar-refractivity contribution in [2.75, 3.05) is 0 Å². The van der Waals surface area contributed by atoms with E-state index < -0.39 is 0 Å². The highest BCUT2D eigenvalue weighted by atomic mass is 16.6. The van der Waals surface area contributed by atoms with Gasteiger partial charge in [-0.2, -0.15) is 0 Å². The molecule has 0 radical (unpaired) electrons. The molecule has 0 bridgehead atoms. The quantitative estimate of drug-likeness (QED) is 0.568. The monoisotopic (exact) mass is 374 g/mol. The maximum absolute atomic E-state index is 12.4. The van der Waals surface area contributed by atoms with Gasteiger partial charge in [0.25, 0.3) is 0 Å². The van der Waals surface area contributed by atoms with Crippen molar-refractivity contribution in [3.05, 3.63) is 34.8 Å². The topological polar surface area (TPSA) is 65.7 Å². The molecular weight excluding hydrogens is 344 g/mol. The summed E-state index contributed by atoms with van der Waals surface area (Å²) in [4.78, 5) is 24.3. The molecule has 0 N–H and O–H groups in total. The van der Waals surface area contributed by atoms with Crippen molar-refractivity contribution in [2.24, 2.45) is 17.3 Å². The minimum absolute atomic E-state index is 0.0391. The summed E-state index contributed by atoms with van der Waals surface area (Å²) in [6, 6.07) is 0. The van der Waals surface area contributed by atoms with Crippen LogP contribution in [0.15, 0.2) is 22.3 Å². The molecule has 5 nitrogen and oxygen atoms in total. The van der Waals surface area contributed by atoms with Crippen molar-refractivity contribution in [3.8, 4) is 0 Å². The molecule has 5 heteroatoms. The van der Waals surface area contributed by atoms with Gasteiger partial charge in [-0.15, -0.1) is 0 Å². The van der Waals surface area contributed by atoms with Crippen LogP contribution in [0.5, 0.6) is 0 Å². The molecule has 1 saturated carbocycles. The van der Waals surface area contributed by atoms with Gasteiger partial charge in [0.2, 0.25) is 0 Å². The van der Waals surface area contributed by atoms with Crippen molar-refractivity contribution in [1.29, 1.82) is 0 Å². The van der Waals surface area contributed by atoms with Gasteiger partial charge < -0.3 is 13.9 Å². The molecule has 2 aliphatic rings. The van der Waals surface area contributed by atoms with Crippen LogP contribution in [0, 0.1) is 24.2 Å². The first-order chi connectivity index (χ1) is 12.7. The Bertz CT molecular complexity index is 774. The van der Waals surface area contributed by atoms with Gasteiger partial charge in [0.1, 0.15) is 18.0 Å². The zero-order valence-corrected chi connectivity index (χ0v) is 17.1. The molecule has 0 spiro atoms. The molecule has 1 aromatic heterocycles. The SMILES string of the molecule is C/C=C(\C)C(=O)O[C@@H]1CC[C@H](C)[C@@]2(C)[C@H](OC(C)=O)c3c(C)coc3C[C@@H]12. The molecule has 0 amide bonds. The normalized spacial score (nSPS) is 33.0. The van der Waals surface area contributed by atoms with Crippen LogP contribution < -0.4 is 0 Å². The number of hydrogen-bond acceptors (Lipinski definition) is 5. The molecule has 27 heavy (non-hydrogen) atoms. The standard InChI is InChI=1S/C22H30O5/c1-7-12(2)21(24)27-17-9-8-14(4)22(6)16(17)10-18-19(13(3)11-25-18)20(22)26-15(5)23/h7,11,14,16-17,20H,8-10H2,1-6H3/b12-7+/t14-,16-,17+,20+,22+/m0/s1. The Hall–Kier alpha value is -2.04. The maximum Gasteiger partial charge on any atom is 0.333 e. The van der Waals surface area contributed by atoms with Crippen molar-refractivity contribution in [3.63, 3.8) is 0 Å². The van der Waals surface area contributed by atoms with Gasteiger partial charge in [0.05, 0.1) is 6.26 Å². The van der Waals surface area contributed by atoms with E-state index in [4.69, 9.17) is 13.9 Å². The third-order valence-corrected chi connectivity index (χ3v) is 6.83. The number of carbonyl (C=O) groups excluding carboxylic acids is 2. The van der Waals surface area contributed by atoms with Crippen molar-refractivity contribution in [1.82, 2.24) is 0 Å². The predicted octanol–water partition coefficient (Wildman–Crippen LogP) is 4.68. The molecule has 0 aromatic carbocycles. The summed E-state index contributed by atoms with van der Waals surface area (Å²) < 4.78 is 17.6. The molecule has 1 fully saturated rings. The first-order valence-corrected chi connectivity index (χ1v) is 9.78. The Morgan fingerprint density at radius 1 is 1.26 bits per heavy atom. The van der Waals surface area contributed by atoms with Crippen molar-refractivity contribution in [2.45, 2.75) is 73.0 Å². The van der Waals surface area contributed by atoms with E-state index in [1.165, 1.54) is 6.92 Å². The lowest BCUT2D eigenvalue weighted by atomic mass is 9.53. The second kappa shape index (κ2) is 7.17. The van der Waals surface area contributed by atoms with E-state index in [2.05, 4.69) is 13.8 Å². The van der Waals surface area contributed by atoms with Crippen LogP contribution in [0.3, 0.4) is 0 Å². The maximum atomic E-state index is 12.4. The van der Waals surface area contributed by atoms with Crippen LogP contribution in [0.25, 0.3) is 0 Å². The minimum atomic E-state index is -0.387. The summed E-state index contributed by atoms with van der Waals surface area (Å²) in [6.07, 6.45) is 5.32. The summed E-state index contributed by atoms with van der Waals surface area (Å²) >= 11 is 0. The van der Waals surface area contributed by atoms with E-state index in [-0.39, 0.29) is 35.5 Å². The summed E-state index contributed by atoms with van der Waals surface area (Å²) in [6.45, 7) is 11.4. The number of furan rings is 1. The molecule has 0 unspecified atom stereocenters. The van der Waals surface area contributed by atoms with Crippen LogP contribution >= 0.6 is 0 Å². The lowest BCUT2D eigenvalue weighted by Crippen LogP contribution is -2.54. The minimum Gasteiger partial charge on any atom is -0.469 e. The highest BCUT2D eigenvalue weighted by Gasteiger charge is 2.58. The van der Waals surface area contributed by atoms with Crippen LogP contribution in [0.4, 0.5) is 0 Å². The zero-order chi connectivity index (χ0) is 19.9. The van der Waals surface area contributed by atoms with E-state index in [1.54, 1.807) is 19.3 Å². The van der Waals surface area contributed by atoms with Gasteiger partial charge in [-0.25, -0.2) is 4.79 Å². The number of carbonyl (C=O) groups is 2. The molecule has 5 atom stereocenters. The van der Waals surface area contributed by atoms with Crippen LogP contribution in [-0.2, 0) is 25.5 Å². The first kappa shape index (κ1) is 19.7. The molecule has 3 rings (SSSR count). The van der Waals surface area contributed by atoms with Gasteiger partial charge in [-0.05, 0) is 45.1 Å². The predicted molar refractivity (Wildman–Crippen MR) is 101 cm³/mol. The largest absolute Gasteiger partial charge is 0.469 e. The summed E-state index contributed by atoms with van der Waals surface area (Å²) in [5.74, 6) is 0.637. The van der Waals surface area contributed by atoms with Gasteiger partial charge in [-0.3, -0.25) is 4.79 Å². The van der Waals surface area contributed by atoms with Gasteiger partial charge >= 0.3 is 11.9 Å². The second-order valence-electron chi connectivity index (χ2n) is 8.32. The number of esters is 2. The number of allylic oxidation sites excluding steroid dienone is 1. The number of aryl methyl sites for hydroxylation is 1. The number of ether oxygens (including phenoxy) is 2. The smallest absolute Gasteiger partial charge is 0.333 e. The van der Waals surface area contributed by atoms with Crippen molar-refractivity contribution >= 4 is 11.9 Å². The molecule has 2 aliphatic carbocycles. The number of hydrogen-bond donors (Lipinski definition) is 0. The Kier molecular flexibility index (Phi) is 5.24.